The van der Waals surface area contributed by atoms with E-state index >= 15 is 0 Å². The molecule has 1 fully saturated rings. The summed E-state index contributed by atoms with van der Waals surface area (Å²) in [5.41, 5.74) is 4.23. The summed E-state index contributed by atoms with van der Waals surface area (Å²) in [4.78, 5) is 0. The van der Waals surface area contributed by atoms with Gasteiger partial charge in [0.25, 0.3) is 0 Å². The molecule has 1 saturated carbocycles. The molecule has 6 nitrogen and oxygen atoms in total. The Morgan fingerprint density at radius 1 is 0.842 bits per heavy atom. The second-order valence-corrected chi connectivity index (χ2v) is 10.6. The fourth-order valence-electron chi connectivity index (χ4n) is 6.83. The standard InChI is InChI=1S/C32H29NO5/c34-21-13-14-22-23(17-21)38-32(15-7-8-16-32)28-25(22)29(35)24(20-11-5-2-6-12-20)26-27(28)31(37)33(30(26)36)18-19-9-3-1-4-10-19/h1-6,9-14,17,24,29,34-37H,7-8,15-16,18H2/t24-,29+/m1/s1. The van der Waals surface area contributed by atoms with Gasteiger partial charge in [-0.15, -0.1) is 0 Å². The minimum absolute atomic E-state index is 0.0289. The van der Waals surface area contributed by atoms with Crippen LogP contribution in [0.1, 0.15) is 59.4 Å². The van der Waals surface area contributed by atoms with E-state index in [2.05, 4.69) is 0 Å². The second kappa shape index (κ2) is 8.43. The first-order valence-electron chi connectivity index (χ1n) is 13.2. The summed E-state index contributed by atoms with van der Waals surface area (Å²) in [5.74, 6) is -0.0521. The first-order valence-corrected chi connectivity index (χ1v) is 13.2. The summed E-state index contributed by atoms with van der Waals surface area (Å²) in [7, 11) is 0. The zero-order chi connectivity index (χ0) is 26.0. The second-order valence-electron chi connectivity index (χ2n) is 10.6. The Morgan fingerprint density at radius 3 is 2.24 bits per heavy atom. The van der Waals surface area contributed by atoms with Gasteiger partial charge in [0.15, 0.2) is 5.88 Å². The molecule has 0 unspecified atom stereocenters. The first kappa shape index (κ1) is 23.0. The largest absolute Gasteiger partial charge is 0.508 e. The lowest BCUT2D eigenvalue weighted by molar-refractivity contribution is 0.128. The molecule has 4 N–H and O–H groups in total. The minimum Gasteiger partial charge on any atom is -0.508 e. The number of nitrogens with zero attached hydrogens (tertiary/aromatic N) is 1. The Morgan fingerprint density at radius 2 is 1.53 bits per heavy atom. The van der Waals surface area contributed by atoms with Crippen molar-refractivity contribution >= 4 is 11.1 Å². The van der Waals surface area contributed by atoms with Crippen LogP contribution in [-0.2, 0) is 6.54 Å². The number of phenolic OH excluding ortho intramolecular Hbond substituents is 1. The van der Waals surface area contributed by atoms with Gasteiger partial charge in [0.1, 0.15) is 17.1 Å². The number of hydrogen-bond donors (Lipinski definition) is 4. The topological polar surface area (TPSA) is 95.1 Å². The van der Waals surface area contributed by atoms with E-state index in [1.165, 1.54) is 4.57 Å². The van der Waals surface area contributed by atoms with Crippen molar-refractivity contribution in [3.63, 3.8) is 0 Å². The highest BCUT2D eigenvalue weighted by molar-refractivity contribution is 6.04. The molecule has 3 aromatic carbocycles. The molecule has 3 aliphatic rings. The summed E-state index contributed by atoms with van der Waals surface area (Å²) in [6.07, 6.45) is 2.31. The molecule has 2 heterocycles. The van der Waals surface area contributed by atoms with Crippen molar-refractivity contribution in [2.75, 3.05) is 0 Å². The fourth-order valence-corrected chi connectivity index (χ4v) is 6.83. The molecule has 1 aliphatic heterocycles. The maximum absolute atomic E-state index is 12.2. The third-order valence-electron chi connectivity index (χ3n) is 8.46. The maximum atomic E-state index is 12.2. The van der Waals surface area contributed by atoms with Gasteiger partial charge in [-0.1, -0.05) is 60.7 Å². The molecule has 2 aliphatic carbocycles. The van der Waals surface area contributed by atoms with Crippen LogP contribution in [-0.4, -0.2) is 36.7 Å². The quantitative estimate of drug-likeness (QED) is 0.282. The number of aromatic nitrogens is 1. The zero-order valence-corrected chi connectivity index (χ0v) is 20.8. The third kappa shape index (κ3) is 3.23. The summed E-state index contributed by atoms with van der Waals surface area (Å²) < 4.78 is 8.20. The summed E-state index contributed by atoms with van der Waals surface area (Å²) in [5, 5.41) is 46.0. The first-order chi connectivity index (χ1) is 18.5. The van der Waals surface area contributed by atoms with E-state index < -0.39 is 17.6 Å². The van der Waals surface area contributed by atoms with Gasteiger partial charge in [-0.2, -0.15) is 0 Å². The van der Waals surface area contributed by atoms with Crippen molar-refractivity contribution in [1.82, 2.24) is 4.57 Å². The van der Waals surface area contributed by atoms with E-state index in [1.807, 2.05) is 60.7 Å². The van der Waals surface area contributed by atoms with Crippen LogP contribution in [0.4, 0.5) is 0 Å². The zero-order valence-electron chi connectivity index (χ0n) is 20.8. The van der Waals surface area contributed by atoms with Crippen molar-refractivity contribution in [3.05, 3.63) is 107 Å². The number of ether oxygens (including phenoxy) is 1. The van der Waals surface area contributed by atoms with Crippen LogP contribution in [0.15, 0.2) is 78.9 Å². The van der Waals surface area contributed by atoms with E-state index in [1.54, 1.807) is 18.2 Å². The van der Waals surface area contributed by atoms with Crippen LogP contribution in [0.5, 0.6) is 23.3 Å². The van der Waals surface area contributed by atoms with Crippen LogP contribution in [0, 0.1) is 0 Å². The molecule has 0 bridgehead atoms. The van der Waals surface area contributed by atoms with Crippen LogP contribution in [0.25, 0.3) is 11.1 Å². The van der Waals surface area contributed by atoms with Crippen LogP contribution in [0.3, 0.4) is 0 Å². The van der Waals surface area contributed by atoms with Gasteiger partial charge in [-0.05, 0) is 48.9 Å². The average molecular weight is 508 g/mol. The lowest BCUT2D eigenvalue weighted by atomic mass is 9.67. The van der Waals surface area contributed by atoms with Crippen molar-refractivity contribution < 1.29 is 25.2 Å². The highest BCUT2D eigenvalue weighted by Crippen LogP contribution is 2.62. The van der Waals surface area contributed by atoms with Gasteiger partial charge in [-0.3, -0.25) is 4.57 Å². The number of rotatable bonds is 3. The van der Waals surface area contributed by atoms with Crippen molar-refractivity contribution in [2.24, 2.45) is 0 Å². The summed E-state index contributed by atoms with van der Waals surface area (Å²) >= 11 is 0. The van der Waals surface area contributed by atoms with Gasteiger partial charge in [-0.25, -0.2) is 0 Å². The fraction of sp³-hybridized carbons (Fsp3) is 0.250. The SMILES string of the molecule is Oc1ccc2c(c1)OC1(CCCC1)C1=C2[C@@H](O)[C@H](c2ccccc2)c2c1c(O)n(Cc1ccccc1)c2O. The Bertz CT molecular complexity index is 1560. The lowest BCUT2D eigenvalue weighted by Crippen LogP contribution is -2.42. The van der Waals surface area contributed by atoms with E-state index in [-0.39, 0.29) is 24.1 Å². The van der Waals surface area contributed by atoms with Gasteiger partial charge in [0, 0.05) is 34.3 Å². The van der Waals surface area contributed by atoms with Crippen LogP contribution >= 0.6 is 0 Å². The highest BCUT2D eigenvalue weighted by Gasteiger charge is 2.53. The Balaban J connectivity index is 1.55. The van der Waals surface area contributed by atoms with E-state index in [0.29, 0.717) is 40.9 Å². The molecule has 1 aromatic heterocycles. The number of phenols is 1. The van der Waals surface area contributed by atoms with E-state index in [9.17, 15) is 20.4 Å². The lowest BCUT2D eigenvalue weighted by Gasteiger charge is -2.44. The Labute approximate surface area is 220 Å². The predicted octanol–water partition coefficient (Wildman–Crippen LogP) is 5.78. The number of aromatic hydroxyl groups is 3. The molecule has 0 saturated heterocycles. The average Bonchev–Trinajstić information content (AvgIpc) is 3.48. The monoisotopic (exact) mass is 507 g/mol. The van der Waals surface area contributed by atoms with Gasteiger partial charge in [0.2, 0.25) is 5.88 Å². The normalized spacial score (nSPS) is 21.1. The predicted molar refractivity (Wildman–Crippen MR) is 144 cm³/mol. The molecule has 2 atom stereocenters. The molecule has 7 rings (SSSR count). The third-order valence-corrected chi connectivity index (χ3v) is 8.46. The summed E-state index contributed by atoms with van der Waals surface area (Å²) in [6, 6.07) is 24.3. The van der Waals surface area contributed by atoms with Crippen molar-refractivity contribution in [2.45, 2.75) is 49.9 Å². The smallest absolute Gasteiger partial charge is 0.202 e. The Kier molecular flexibility index (Phi) is 5.10. The number of hydrogen-bond acceptors (Lipinski definition) is 5. The number of benzene rings is 3. The minimum atomic E-state index is -0.998. The summed E-state index contributed by atoms with van der Waals surface area (Å²) in [6.45, 7) is 0.282. The van der Waals surface area contributed by atoms with Crippen LogP contribution < -0.4 is 4.74 Å². The highest BCUT2D eigenvalue weighted by atomic mass is 16.5. The molecule has 4 aromatic rings. The van der Waals surface area contributed by atoms with Crippen molar-refractivity contribution in [3.8, 4) is 23.3 Å². The Hall–Kier alpha value is -4.16. The molecule has 0 amide bonds. The van der Waals surface area contributed by atoms with Gasteiger partial charge < -0.3 is 25.2 Å². The number of aliphatic hydroxyl groups is 1. The molecule has 0 radical (unpaired) electrons. The van der Waals surface area contributed by atoms with E-state index in [4.69, 9.17) is 4.74 Å². The van der Waals surface area contributed by atoms with Crippen molar-refractivity contribution in [1.29, 1.82) is 0 Å². The molecule has 6 heteroatoms. The van der Waals surface area contributed by atoms with Gasteiger partial charge >= 0.3 is 0 Å². The molecular weight excluding hydrogens is 478 g/mol. The number of aliphatic hydroxyl groups excluding tert-OH is 1. The van der Waals surface area contributed by atoms with Gasteiger partial charge in [0.05, 0.1) is 18.2 Å². The number of fused-ring (bicyclic) bond motifs is 5. The van der Waals surface area contributed by atoms with E-state index in [0.717, 1.165) is 29.5 Å². The van der Waals surface area contributed by atoms with Crippen LogP contribution in [0.2, 0.25) is 0 Å². The molecule has 38 heavy (non-hydrogen) atoms. The molecule has 1 spiro atoms. The maximum Gasteiger partial charge on any atom is 0.202 e. The molecular formula is C32H29NO5. The molecule has 192 valence electrons.